The second-order valence-electron chi connectivity index (χ2n) is 1.97. The minimum atomic E-state index is -0.358. The summed E-state index contributed by atoms with van der Waals surface area (Å²) >= 11 is 5.25. The highest BCUT2D eigenvalue weighted by Crippen LogP contribution is 2.08. The molecular weight excluding hydrogens is 180 g/mol. The summed E-state index contributed by atoms with van der Waals surface area (Å²) in [6, 6.07) is 0. The number of halogens is 1. The highest BCUT2D eigenvalue weighted by atomic mass is 35.5. The fraction of sp³-hybridized carbons (Fsp3) is 0.167. The van der Waals surface area contributed by atoms with E-state index in [-0.39, 0.29) is 23.4 Å². The molecule has 0 spiro atoms. The van der Waals surface area contributed by atoms with Crippen LogP contribution in [0, 0.1) is 0 Å². The number of aromatic nitrogens is 2. The van der Waals surface area contributed by atoms with E-state index in [0.29, 0.717) is 0 Å². The molecule has 0 radical (unpaired) electrons. The van der Waals surface area contributed by atoms with Gasteiger partial charge < -0.3 is 11.1 Å². The van der Waals surface area contributed by atoms with Crippen LogP contribution in [0.5, 0.6) is 0 Å². The van der Waals surface area contributed by atoms with E-state index >= 15 is 0 Å². The van der Waals surface area contributed by atoms with Gasteiger partial charge in [0.25, 0.3) is 0 Å². The molecule has 1 aromatic heterocycles. The Labute approximate surface area is 74.0 Å². The summed E-state index contributed by atoms with van der Waals surface area (Å²) in [5.74, 6) is -0.0706. The van der Waals surface area contributed by atoms with Gasteiger partial charge in [0.05, 0.1) is 0 Å². The molecule has 0 unspecified atom stereocenters. The van der Waals surface area contributed by atoms with Crippen LogP contribution < -0.4 is 11.1 Å². The van der Waals surface area contributed by atoms with Gasteiger partial charge >= 0.3 is 0 Å². The van der Waals surface area contributed by atoms with E-state index in [9.17, 15) is 4.79 Å². The van der Waals surface area contributed by atoms with Gasteiger partial charge in [-0.3, -0.25) is 4.79 Å². The average Bonchev–Trinajstić information content (AvgIpc) is 2.09. The third kappa shape index (κ3) is 2.06. The normalized spacial score (nSPS) is 9.42. The fourth-order valence-electron chi connectivity index (χ4n) is 0.611. The maximum atomic E-state index is 10.8. The molecule has 12 heavy (non-hydrogen) atoms. The Kier molecular flexibility index (Phi) is 2.82. The van der Waals surface area contributed by atoms with E-state index in [0.717, 1.165) is 0 Å². The maximum absolute atomic E-state index is 10.8. The van der Waals surface area contributed by atoms with Crippen molar-refractivity contribution in [3.8, 4) is 0 Å². The zero-order valence-electron chi connectivity index (χ0n) is 6.12. The Bertz CT molecular complexity index is 291. The van der Waals surface area contributed by atoms with Crippen LogP contribution in [-0.2, 0) is 4.79 Å². The van der Waals surface area contributed by atoms with E-state index in [1.165, 1.54) is 12.4 Å². The number of hydrogen-bond donors (Lipinski definition) is 2. The largest absolute Gasteiger partial charge is 0.381 e. The predicted octanol–water partition coefficient (Wildman–Crippen LogP) is 0.236. The van der Waals surface area contributed by atoms with Gasteiger partial charge in [0, 0.05) is 12.4 Å². The minimum absolute atomic E-state index is 0.129. The number of carbonyl (C=O) groups excluding carboxylic acids is 1. The number of rotatable bonds is 2. The number of anilines is 2. The third-order valence-electron chi connectivity index (χ3n) is 1.11. The smallest absolute Gasteiger partial charge is 0.240 e. The lowest BCUT2D eigenvalue weighted by molar-refractivity contribution is -0.113. The summed E-state index contributed by atoms with van der Waals surface area (Å²) in [4.78, 5) is 18.3. The molecule has 0 atom stereocenters. The van der Waals surface area contributed by atoms with Gasteiger partial charge in [-0.15, -0.1) is 11.6 Å². The lowest BCUT2D eigenvalue weighted by Gasteiger charge is -2.02. The van der Waals surface area contributed by atoms with Crippen LogP contribution in [0.2, 0.25) is 0 Å². The summed E-state index contributed by atoms with van der Waals surface area (Å²) in [5.41, 5.74) is 5.39. The van der Waals surface area contributed by atoms with Gasteiger partial charge in [-0.1, -0.05) is 0 Å². The SMILES string of the molecule is Nc1nccnc1NC(=O)CCl. The van der Waals surface area contributed by atoms with Gasteiger partial charge in [0.15, 0.2) is 11.6 Å². The monoisotopic (exact) mass is 186 g/mol. The molecule has 0 saturated heterocycles. The molecule has 1 aromatic rings. The Hall–Kier alpha value is -1.36. The zero-order valence-corrected chi connectivity index (χ0v) is 6.88. The van der Waals surface area contributed by atoms with Crippen molar-refractivity contribution in [1.29, 1.82) is 0 Å². The van der Waals surface area contributed by atoms with Crippen molar-refractivity contribution < 1.29 is 4.79 Å². The van der Waals surface area contributed by atoms with Crippen molar-refractivity contribution >= 4 is 29.1 Å². The average molecular weight is 187 g/mol. The zero-order chi connectivity index (χ0) is 8.97. The highest BCUT2D eigenvalue weighted by Gasteiger charge is 2.04. The summed E-state index contributed by atoms with van der Waals surface area (Å²) in [6.07, 6.45) is 2.87. The Morgan fingerprint density at radius 2 is 2.25 bits per heavy atom. The number of amides is 1. The molecule has 3 N–H and O–H groups in total. The van der Waals surface area contributed by atoms with Gasteiger partial charge in [0.1, 0.15) is 5.88 Å². The van der Waals surface area contributed by atoms with Crippen LogP contribution in [0.4, 0.5) is 11.6 Å². The molecule has 5 nitrogen and oxygen atoms in total. The predicted molar refractivity (Wildman–Crippen MR) is 45.8 cm³/mol. The van der Waals surface area contributed by atoms with E-state index < -0.39 is 0 Å². The Morgan fingerprint density at radius 1 is 1.58 bits per heavy atom. The number of nitrogens with one attached hydrogen (secondary N) is 1. The number of carbonyl (C=O) groups is 1. The number of hydrogen-bond acceptors (Lipinski definition) is 4. The topological polar surface area (TPSA) is 80.9 Å². The standard InChI is InChI=1S/C6H7ClN4O/c7-3-4(12)11-6-5(8)9-1-2-10-6/h1-2H,3H2,(H2,8,9)(H,10,11,12). The molecule has 0 aliphatic rings. The van der Waals surface area contributed by atoms with Crippen molar-refractivity contribution in [2.45, 2.75) is 0 Å². The molecule has 64 valence electrons. The molecule has 0 saturated carbocycles. The second-order valence-corrected chi connectivity index (χ2v) is 2.24. The fourth-order valence-corrected chi connectivity index (χ4v) is 0.677. The van der Waals surface area contributed by atoms with Crippen LogP contribution in [0.25, 0.3) is 0 Å². The third-order valence-corrected chi connectivity index (χ3v) is 1.35. The van der Waals surface area contributed by atoms with E-state index in [2.05, 4.69) is 15.3 Å². The molecular formula is C6H7ClN4O. The van der Waals surface area contributed by atoms with Crippen molar-refractivity contribution in [1.82, 2.24) is 9.97 Å². The van der Waals surface area contributed by atoms with Gasteiger partial charge in [0.2, 0.25) is 5.91 Å². The number of nitrogen functional groups attached to an aromatic ring is 1. The highest BCUT2D eigenvalue weighted by molar-refractivity contribution is 6.29. The molecule has 0 fully saturated rings. The van der Waals surface area contributed by atoms with E-state index in [1.807, 2.05) is 0 Å². The van der Waals surface area contributed by atoms with Crippen molar-refractivity contribution in [3.63, 3.8) is 0 Å². The minimum Gasteiger partial charge on any atom is -0.381 e. The van der Waals surface area contributed by atoms with Crippen molar-refractivity contribution in [2.24, 2.45) is 0 Å². The summed E-state index contributed by atoms with van der Waals surface area (Å²) in [7, 11) is 0. The molecule has 1 rings (SSSR count). The van der Waals surface area contributed by atoms with Gasteiger partial charge in [-0.25, -0.2) is 9.97 Å². The lowest BCUT2D eigenvalue weighted by atomic mass is 10.5. The van der Waals surface area contributed by atoms with E-state index in [1.54, 1.807) is 0 Å². The summed E-state index contributed by atoms with van der Waals surface area (Å²) < 4.78 is 0. The van der Waals surface area contributed by atoms with Crippen LogP contribution in [-0.4, -0.2) is 21.8 Å². The first-order valence-electron chi connectivity index (χ1n) is 3.16. The molecule has 0 aromatic carbocycles. The van der Waals surface area contributed by atoms with Crippen LogP contribution in [0.1, 0.15) is 0 Å². The molecule has 6 heteroatoms. The molecule has 0 bridgehead atoms. The molecule has 0 aliphatic carbocycles. The lowest BCUT2D eigenvalue weighted by Crippen LogP contribution is -2.15. The quantitative estimate of drug-likeness (QED) is 0.649. The van der Waals surface area contributed by atoms with Crippen molar-refractivity contribution in [2.75, 3.05) is 16.9 Å². The molecule has 1 amide bonds. The Balaban J connectivity index is 2.75. The van der Waals surface area contributed by atoms with Gasteiger partial charge in [-0.05, 0) is 0 Å². The molecule has 0 aliphatic heterocycles. The summed E-state index contributed by atoms with van der Waals surface area (Å²) in [5, 5.41) is 2.39. The van der Waals surface area contributed by atoms with Crippen LogP contribution in [0.3, 0.4) is 0 Å². The number of nitrogens with zero attached hydrogens (tertiary/aromatic N) is 2. The van der Waals surface area contributed by atoms with E-state index in [4.69, 9.17) is 17.3 Å². The maximum Gasteiger partial charge on any atom is 0.240 e. The first-order chi connectivity index (χ1) is 5.74. The van der Waals surface area contributed by atoms with Gasteiger partial charge in [-0.2, -0.15) is 0 Å². The first kappa shape index (κ1) is 8.73. The molecule has 1 heterocycles. The number of alkyl halides is 1. The van der Waals surface area contributed by atoms with Crippen LogP contribution >= 0.6 is 11.6 Å². The first-order valence-corrected chi connectivity index (χ1v) is 3.70. The van der Waals surface area contributed by atoms with Crippen LogP contribution in [0.15, 0.2) is 12.4 Å². The second kappa shape index (κ2) is 3.87. The Morgan fingerprint density at radius 3 is 2.83 bits per heavy atom. The van der Waals surface area contributed by atoms with Crippen molar-refractivity contribution in [3.05, 3.63) is 12.4 Å². The summed E-state index contributed by atoms with van der Waals surface area (Å²) in [6.45, 7) is 0. The number of nitrogens with two attached hydrogens (primary N) is 1.